The molecule has 0 heterocycles. The monoisotopic (exact) mass is 295 g/mol. The zero-order chi connectivity index (χ0) is 14.3. The molecule has 1 amide bonds. The topological polar surface area (TPSA) is 38.3 Å². The SMILES string of the molecule is O=C(COCC(F)(F)F)NCc1cccc(CCl)c1. The lowest BCUT2D eigenvalue weighted by Gasteiger charge is -2.08. The second kappa shape index (κ2) is 7.35. The molecule has 1 N–H and O–H groups in total. The average molecular weight is 296 g/mol. The van der Waals surface area contributed by atoms with Gasteiger partial charge in [-0.15, -0.1) is 11.6 Å². The molecule has 0 aliphatic carbocycles. The molecule has 106 valence electrons. The minimum Gasteiger partial charge on any atom is -0.362 e. The van der Waals surface area contributed by atoms with Crippen LogP contribution in [0.4, 0.5) is 13.2 Å². The molecule has 0 unspecified atom stereocenters. The van der Waals surface area contributed by atoms with Gasteiger partial charge in [0.05, 0.1) is 0 Å². The van der Waals surface area contributed by atoms with Gasteiger partial charge in [0.25, 0.3) is 0 Å². The van der Waals surface area contributed by atoms with Crippen LogP contribution in [-0.4, -0.2) is 25.3 Å². The van der Waals surface area contributed by atoms with Gasteiger partial charge in [0.15, 0.2) is 0 Å². The van der Waals surface area contributed by atoms with Gasteiger partial charge in [0.2, 0.25) is 5.91 Å². The van der Waals surface area contributed by atoms with Gasteiger partial charge in [-0.25, -0.2) is 0 Å². The molecule has 7 heteroatoms. The van der Waals surface area contributed by atoms with Crippen LogP contribution in [0.15, 0.2) is 24.3 Å². The summed E-state index contributed by atoms with van der Waals surface area (Å²) in [6.45, 7) is -1.82. The number of ether oxygens (including phenoxy) is 1. The summed E-state index contributed by atoms with van der Waals surface area (Å²) < 4.78 is 39.5. The second-order valence-electron chi connectivity index (χ2n) is 3.84. The van der Waals surface area contributed by atoms with Crippen LogP contribution in [0.25, 0.3) is 0 Å². The Bertz CT molecular complexity index is 424. The predicted octanol–water partition coefficient (Wildman–Crippen LogP) is 2.62. The molecule has 0 fully saturated rings. The molecule has 0 saturated heterocycles. The van der Waals surface area contributed by atoms with Gasteiger partial charge in [-0.05, 0) is 11.1 Å². The number of nitrogens with one attached hydrogen (secondary N) is 1. The minimum absolute atomic E-state index is 0.221. The van der Waals surface area contributed by atoms with Crippen LogP contribution < -0.4 is 5.32 Å². The van der Waals surface area contributed by atoms with Crippen molar-refractivity contribution in [1.82, 2.24) is 5.32 Å². The Morgan fingerprint density at radius 2 is 2.00 bits per heavy atom. The average Bonchev–Trinajstić information content (AvgIpc) is 2.35. The van der Waals surface area contributed by atoms with Crippen LogP contribution in [0.2, 0.25) is 0 Å². The summed E-state index contributed by atoms with van der Waals surface area (Å²) in [5.74, 6) is -0.239. The third-order valence-corrected chi connectivity index (χ3v) is 2.44. The standard InChI is InChI=1S/C12H13ClF3NO2/c13-5-9-2-1-3-10(4-9)6-17-11(18)7-19-8-12(14,15)16/h1-4H,5-8H2,(H,17,18). The first-order chi connectivity index (χ1) is 8.90. The molecule has 19 heavy (non-hydrogen) atoms. The van der Waals surface area contributed by atoms with Gasteiger partial charge >= 0.3 is 6.18 Å². The van der Waals surface area contributed by atoms with Crippen molar-refractivity contribution in [2.75, 3.05) is 13.2 Å². The molecular weight excluding hydrogens is 283 g/mol. The van der Waals surface area contributed by atoms with E-state index in [4.69, 9.17) is 11.6 Å². The Morgan fingerprint density at radius 1 is 1.32 bits per heavy atom. The van der Waals surface area contributed by atoms with E-state index in [1.807, 2.05) is 12.1 Å². The number of carbonyl (C=O) groups excluding carboxylic acids is 1. The Kier molecular flexibility index (Phi) is 6.11. The van der Waals surface area contributed by atoms with E-state index in [0.29, 0.717) is 5.88 Å². The zero-order valence-electron chi connectivity index (χ0n) is 9.97. The highest BCUT2D eigenvalue weighted by molar-refractivity contribution is 6.17. The quantitative estimate of drug-likeness (QED) is 0.819. The smallest absolute Gasteiger partial charge is 0.362 e. The number of rotatable bonds is 6. The maximum atomic E-state index is 11.8. The number of hydrogen-bond donors (Lipinski definition) is 1. The third kappa shape index (κ3) is 7.03. The van der Waals surface area contributed by atoms with Crippen molar-refractivity contribution in [2.45, 2.75) is 18.6 Å². The van der Waals surface area contributed by atoms with E-state index < -0.39 is 25.3 Å². The molecule has 3 nitrogen and oxygen atoms in total. The second-order valence-corrected chi connectivity index (χ2v) is 4.11. The van der Waals surface area contributed by atoms with Crippen LogP contribution in [0.1, 0.15) is 11.1 Å². The Morgan fingerprint density at radius 3 is 2.63 bits per heavy atom. The van der Waals surface area contributed by atoms with E-state index in [1.54, 1.807) is 12.1 Å². The number of hydrogen-bond acceptors (Lipinski definition) is 2. The molecule has 0 radical (unpaired) electrons. The van der Waals surface area contributed by atoms with Crippen LogP contribution in [0.3, 0.4) is 0 Å². The van der Waals surface area contributed by atoms with Crippen molar-refractivity contribution in [3.05, 3.63) is 35.4 Å². The maximum Gasteiger partial charge on any atom is 0.411 e. The van der Waals surface area contributed by atoms with Crippen molar-refractivity contribution < 1.29 is 22.7 Å². The molecule has 0 aliphatic rings. The van der Waals surface area contributed by atoms with Gasteiger partial charge in [-0.1, -0.05) is 24.3 Å². The fourth-order valence-corrected chi connectivity index (χ4v) is 1.50. The Balaban J connectivity index is 2.29. The van der Waals surface area contributed by atoms with Gasteiger partial charge in [0.1, 0.15) is 13.2 Å². The lowest BCUT2D eigenvalue weighted by molar-refractivity contribution is -0.175. The summed E-state index contributed by atoms with van der Waals surface area (Å²) in [5, 5.41) is 2.46. The molecule has 1 rings (SSSR count). The maximum absolute atomic E-state index is 11.8. The first-order valence-electron chi connectivity index (χ1n) is 5.45. The van der Waals surface area contributed by atoms with Crippen LogP contribution in [0.5, 0.6) is 0 Å². The van der Waals surface area contributed by atoms with Gasteiger partial charge in [0, 0.05) is 12.4 Å². The fourth-order valence-electron chi connectivity index (χ4n) is 1.33. The normalized spacial score (nSPS) is 11.4. The molecule has 0 aromatic heterocycles. The lowest BCUT2D eigenvalue weighted by atomic mass is 10.1. The highest BCUT2D eigenvalue weighted by atomic mass is 35.5. The summed E-state index contributed by atoms with van der Waals surface area (Å²) in [4.78, 5) is 11.2. The predicted molar refractivity (Wildman–Crippen MR) is 64.7 cm³/mol. The Hall–Kier alpha value is -1.27. The van der Waals surface area contributed by atoms with E-state index in [1.165, 1.54) is 0 Å². The third-order valence-electron chi connectivity index (χ3n) is 2.13. The lowest BCUT2D eigenvalue weighted by Crippen LogP contribution is -2.29. The molecule has 1 aromatic carbocycles. The number of halogens is 4. The van der Waals surface area contributed by atoms with Gasteiger partial charge in [-0.2, -0.15) is 13.2 Å². The van der Waals surface area contributed by atoms with E-state index >= 15 is 0 Å². The number of amides is 1. The summed E-state index contributed by atoms with van der Waals surface area (Å²) in [6.07, 6.45) is -4.42. The van der Waals surface area contributed by atoms with E-state index in [0.717, 1.165) is 11.1 Å². The van der Waals surface area contributed by atoms with E-state index in [-0.39, 0.29) is 6.54 Å². The van der Waals surface area contributed by atoms with Crippen molar-refractivity contribution >= 4 is 17.5 Å². The largest absolute Gasteiger partial charge is 0.411 e. The van der Waals surface area contributed by atoms with Crippen molar-refractivity contribution in [1.29, 1.82) is 0 Å². The number of carbonyl (C=O) groups is 1. The van der Waals surface area contributed by atoms with Crippen LogP contribution in [0, 0.1) is 0 Å². The summed E-state index contributed by atoms with van der Waals surface area (Å²) in [5.41, 5.74) is 1.73. The molecule has 1 aromatic rings. The van der Waals surface area contributed by atoms with Gasteiger partial charge < -0.3 is 10.1 Å². The minimum atomic E-state index is -4.42. The van der Waals surface area contributed by atoms with Crippen molar-refractivity contribution in [2.24, 2.45) is 0 Å². The molecule has 0 saturated carbocycles. The highest BCUT2D eigenvalue weighted by Crippen LogP contribution is 2.14. The molecule has 0 atom stereocenters. The molecule has 0 spiro atoms. The summed E-state index contributed by atoms with van der Waals surface area (Å²) >= 11 is 5.66. The number of benzene rings is 1. The molecular formula is C12H13ClF3NO2. The van der Waals surface area contributed by atoms with Crippen molar-refractivity contribution in [3.8, 4) is 0 Å². The zero-order valence-corrected chi connectivity index (χ0v) is 10.7. The Labute approximate surface area is 113 Å². The number of alkyl halides is 4. The highest BCUT2D eigenvalue weighted by Gasteiger charge is 2.27. The van der Waals surface area contributed by atoms with Crippen molar-refractivity contribution in [3.63, 3.8) is 0 Å². The van der Waals surface area contributed by atoms with Crippen LogP contribution in [-0.2, 0) is 22.0 Å². The molecule has 0 aliphatic heterocycles. The first-order valence-corrected chi connectivity index (χ1v) is 5.99. The van der Waals surface area contributed by atoms with Gasteiger partial charge in [-0.3, -0.25) is 4.79 Å². The van der Waals surface area contributed by atoms with E-state index in [9.17, 15) is 18.0 Å². The summed E-state index contributed by atoms with van der Waals surface area (Å²) in [6, 6.07) is 7.22. The first kappa shape index (κ1) is 15.8. The summed E-state index contributed by atoms with van der Waals surface area (Å²) in [7, 11) is 0. The van der Waals surface area contributed by atoms with E-state index in [2.05, 4.69) is 10.1 Å². The van der Waals surface area contributed by atoms with Crippen LogP contribution >= 0.6 is 11.6 Å². The fraction of sp³-hybridized carbons (Fsp3) is 0.417. The molecule has 0 bridgehead atoms.